The van der Waals surface area contributed by atoms with Crippen molar-refractivity contribution in [1.82, 2.24) is 0 Å². The van der Waals surface area contributed by atoms with Gasteiger partial charge in [-0.25, -0.2) is 0 Å². The first-order valence-corrected chi connectivity index (χ1v) is 6.01. The maximum Gasteiger partial charge on any atom is 0.132 e. The SMILES string of the molecule is COc1cc(OC)c(C(O)CC(C)C)c(OC)c1. The van der Waals surface area contributed by atoms with Crippen molar-refractivity contribution in [3.8, 4) is 17.2 Å². The van der Waals surface area contributed by atoms with Gasteiger partial charge in [-0.2, -0.15) is 0 Å². The summed E-state index contributed by atoms with van der Waals surface area (Å²) >= 11 is 0. The second-order valence-electron chi connectivity index (χ2n) is 4.59. The van der Waals surface area contributed by atoms with Crippen LogP contribution in [0.1, 0.15) is 31.9 Å². The molecular weight excluding hydrogens is 232 g/mol. The lowest BCUT2D eigenvalue weighted by Gasteiger charge is -2.20. The van der Waals surface area contributed by atoms with Crippen molar-refractivity contribution in [3.05, 3.63) is 17.7 Å². The molecule has 1 aromatic rings. The van der Waals surface area contributed by atoms with E-state index in [2.05, 4.69) is 13.8 Å². The van der Waals surface area contributed by atoms with Crippen LogP contribution in [0.5, 0.6) is 17.2 Å². The van der Waals surface area contributed by atoms with Gasteiger partial charge in [-0.3, -0.25) is 0 Å². The van der Waals surface area contributed by atoms with Crippen LogP contribution < -0.4 is 14.2 Å². The molecule has 0 radical (unpaired) electrons. The quantitative estimate of drug-likeness (QED) is 0.848. The molecule has 1 atom stereocenters. The zero-order valence-electron chi connectivity index (χ0n) is 11.7. The Balaban J connectivity index is 3.21. The van der Waals surface area contributed by atoms with Gasteiger partial charge >= 0.3 is 0 Å². The van der Waals surface area contributed by atoms with Crippen LogP contribution in [0.25, 0.3) is 0 Å². The Hall–Kier alpha value is -1.42. The van der Waals surface area contributed by atoms with Gasteiger partial charge in [0.15, 0.2) is 0 Å². The molecule has 0 aromatic heterocycles. The summed E-state index contributed by atoms with van der Waals surface area (Å²) in [6, 6.07) is 3.50. The number of rotatable bonds is 6. The summed E-state index contributed by atoms with van der Waals surface area (Å²) in [4.78, 5) is 0. The summed E-state index contributed by atoms with van der Waals surface area (Å²) in [7, 11) is 4.72. The first-order chi connectivity index (χ1) is 8.53. The second kappa shape index (κ2) is 6.50. The number of hydrogen-bond donors (Lipinski definition) is 1. The largest absolute Gasteiger partial charge is 0.496 e. The van der Waals surface area contributed by atoms with Gasteiger partial charge in [0.2, 0.25) is 0 Å². The number of aliphatic hydroxyl groups is 1. The summed E-state index contributed by atoms with van der Waals surface area (Å²) in [5.74, 6) is 2.19. The van der Waals surface area contributed by atoms with Gasteiger partial charge in [0.1, 0.15) is 17.2 Å². The fourth-order valence-electron chi connectivity index (χ4n) is 1.93. The first kappa shape index (κ1) is 14.6. The lowest BCUT2D eigenvalue weighted by molar-refractivity contribution is 0.143. The highest BCUT2D eigenvalue weighted by Gasteiger charge is 2.21. The van der Waals surface area contributed by atoms with E-state index in [-0.39, 0.29) is 0 Å². The third-order valence-corrected chi connectivity index (χ3v) is 2.78. The van der Waals surface area contributed by atoms with E-state index in [1.165, 1.54) is 0 Å². The number of hydrogen-bond acceptors (Lipinski definition) is 4. The molecular formula is C14H22O4. The molecule has 1 unspecified atom stereocenters. The molecule has 4 nitrogen and oxygen atoms in total. The van der Waals surface area contributed by atoms with Crippen molar-refractivity contribution >= 4 is 0 Å². The Bertz CT molecular complexity index is 362. The summed E-state index contributed by atoms with van der Waals surface area (Å²) in [5.41, 5.74) is 0.675. The van der Waals surface area contributed by atoms with Gasteiger partial charge in [-0.1, -0.05) is 13.8 Å². The van der Waals surface area contributed by atoms with E-state index in [1.54, 1.807) is 33.5 Å². The summed E-state index contributed by atoms with van der Waals surface area (Å²) in [6.07, 6.45) is 0.0415. The van der Waals surface area contributed by atoms with E-state index in [1.807, 2.05) is 0 Å². The summed E-state index contributed by atoms with van der Waals surface area (Å²) < 4.78 is 15.8. The van der Waals surface area contributed by atoms with Crippen LogP contribution in [0.3, 0.4) is 0 Å². The number of methoxy groups -OCH3 is 3. The van der Waals surface area contributed by atoms with Crippen molar-refractivity contribution in [2.45, 2.75) is 26.4 Å². The molecule has 0 saturated heterocycles. The fraction of sp³-hybridized carbons (Fsp3) is 0.571. The molecule has 0 aliphatic carbocycles. The van der Waals surface area contributed by atoms with Crippen LogP contribution in [0, 0.1) is 5.92 Å². The monoisotopic (exact) mass is 254 g/mol. The van der Waals surface area contributed by atoms with Crippen molar-refractivity contribution in [3.63, 3.8) is 0 Å². The Labute approximate surface area is 108 Å². The highest BCUT2D eigenvalue weighted by Crippen LogP contribution is 2.40. The van der Waals surface area contributed by atoms with E-state index in [0.29, 0.717) is 35.2 Å². The Morgan fingerprint density at radius 1 is 1.00 bits per heavy atom. The van der Waals surface area contributed by atoms with Gasteiger partial charge in [0, 0.05) is 12.1 Å². The van der Waals surface area contributed by atoms with Gasteiger partial charge in [-0.05, 0) is 12.3 Å². The van der Waals surface area contributed by atoms with E-state index < -0.39 is 6.10 Å². The van der Waals surface area contributed by atoms with Gasteiger partial charge in [0.25, 0.3) is 0 Å². The molecule has 0 aliphatic rings. The predicted molar refractivity (Wildman–Crippen MR) is 70.5 cm³/mol. The van der Waals surface area contributed by atoms with Gasteiger partial charge < -0.3 is 19.3 Å². The lowest BCUT2D eigenvalue weighted by Crippen LogP contribution is -2.06. The van der Waals surface area contributed by atoms with Crippen LogP contribution in [-0.4, -0.2) is 26.4 Å². The van der Waals surface area contributed by atoms with Crippen molar-refractivity contribution in [2.75, 3.05) is 21.3 Å². The topological polar surface area (TPSA) is 47.9 Å². The molecule has 4 heteroatoms. The highest BCUT2D eigenvalue weighted by molar-refractivity contribution is 5.51. The fourth-order valence-corrected chi connectivity index (χ4v) is 1.93. The summed E-state index contributed by atoms with van der Waals surface area (Å²) in [5, 5.41) is 10.3. The van der Waals surface area contributed by atoms with Crippen molar-refractivity contribution in [1.29, 1.82) is 0 Å². The minimum atomic E-state index is -0.610. The molecule has 1 rings (SSSR count). The van der Waals surface area contributed by atoms with Crippen LogP contribution in [0.4, 0.5) is 0 Å². The molecule has 18 heavy (non-hydrogen) atoms. The van der Waals surface area contributed by atoms with Crippen LogP contribution in [0.2, 0.25) is 0 Å². The molecule has 0 saturated carbocycles. The maximum atomic E-state index is 10.3. The Morgan fingerprint density at radius 2 is 1.50 bits per heavy atom. The zero-order valence-corrected chi connectivity index (χ0v) is 11.7. The highest BCUT2D eigenvalue weighted by atomic mass is 16.5. The van der Waals surface area contributed by atoms with Crippen LogP contribution >= 0.6 is 0 Å². The number of aliphatic hydroxyl groups excluding tert-OH is 1. The molecule has 0 aliphatic heterocycles. The van der Waals surface area contributed by atoms with Crippen LogP contribution in [-0.2, 0) is 0 Å². The minimum Gasteiger partial charge on any atom is -0.496 e. The molecule has 1 N–H and O–H groups in total. The minimum absolute atomic E-state index is 0.386. The second-order valence-corrected chi connectivity index (χ2v) is 4.59. The lowest BCUT2D eigenvalue weighted by atomic mass is 9.98. The third-order valence-electron chi connectivity index (χ3n) is 2.78. The van der Waals surface area contributed by atoms with E-state index in [9.17, 15) is 5.11 Å². The van der Waals surface area contributed by atoms with E-state index in [0.717, 1.165) is 0 Å². The van der Waals surface area contributed by atoms with Gasteiger partial charge in [-0.15, -0.1) is 0 Å². The third kappa shape index (κ3) is 3.29. The standard InChI is InChI=1S/C14H22O4/c1-9(2)6-11(15)14-12(17-4)7-10(16-3)8-13(14)18-5/h7-9,11,15H,6H2,1-5H3. The van der Waals surface area contributed by atoms with Crippen LogP contribution in [0.15, 0.2) is 12.1 Å². The maximum absolute atomic E-state index is 10.3. The molecule has 0 amide bonds. The average molecular weight is 254 g/mol. The molecule has 0 heterocycles. The molecule has 0 fully saturated rings. The summed E-state index contributed by atoms with van der Waals surface area (Å²) in [6.45, 7) is 4.12. The Kier molecular flexibility index (Phi) is 5.28. The molecule has 0 spiro atoms. The van der Waals surface area contributed by atoms with Crippen molar-refractivity contribution in [2.24, 2.45) is 5.92 Å². The smallest absolute Gasteiger partial charge is 0.132 e. The molecule has 1 aromatic carbocycles. The van der Waals surface area contributed by atoms with Crippen molar-refractivity contribution < 1.29 is 19.3 Å². The number of benzene rings is 1. The average Bonchev–Trinajstić information content (AvgIpc) is 2.35. The van der Waals surface area contributed by atoms with Gasteiger partial charge in [0.05, 0.1) is 33.0 Å². The first-order valence-electron chi connectivity index (χ1n) is 6.01. The molecule has 102 valence electrons. The normalized spacial score (nSPS) is 12.4. The zero-order chi connectivity index (χ0) is 13.7. The Morgan fingerprint density at radius 3 is 1.83 bits per heavy atom. The van der Waals surface area contributed by atoms with E-state index >= 15 is 0 Å². The predicted octanol–water partition coefficient (Wildman–Crippen LogP) is 2.79. The van der Waals surface area contributed by atoms with E-state index in [4.69, 9.17) is 14.2 Å². The number of ether oxygens (including phenoxy) is 3. The molecule has 0 bridgehead atoms.